The molecule has 0 saturated heterocycles. The summed E-state index contributed by atoms with van der Waals surface area (Å²) in [5, 5.41) is 13.7. The normalized spacial score (nSPS) is 19.4. The molecule has 27 heavy (non-hydrogen) atoms. The third kappa shape index (κ3) is 4.37. The SMILES string of the molecule is O=C(O)C1CC=CCC1C(=O)Nc1ccccc1NS(=O)(=O)c1cccs1. The van der Waals surface area contributed by atoms with Crippen molar-refractivity contribution in [3.63, 3.8) is 0 Å². The first kappa shape index (κ1) is 19.1. The Morgan fingerprint density at radius 2 is 1.67 bits per heavy atom. The number of para-hydroxylation sites is 2. The number of allylic oxidation sites excluding steroid dienone is 2. The topological polar surface area (TPSA) is 113 Å². The van der Waals surface area contributed by atoms with Gasteiger partial charge in [0.15, 0.2) is 0 Å². The second-order valence-corrected chi connectivity index (χ2v) is 8.92. The number of anilines is 2. The van der Waals surface area contributed by atoms with Gasteiger partial charge in [-0.05, 0) is 36.4 Å². The Labute approximate surface area is 160 Å². The van der Waals surface area contributed by atoms with Gasteiger partial charge in [-0.3, -0.25) is 14.3 Å². The number of nitrogens with one attached hydrogen (secondary N) is 2. The van der Waals surface area contributed by atoms with Gasteiger partial charge in [-0.15, -0.1) is 11.3 Å². The zero-order chi connectivity index (χ0) is 19.4. The van der Waals surface area contributed by atoms with Crippen molar-refractivity contribution < 1.29 is 23.1 Å². The van der Waals surface area contributed by atoms with E-state index in [1.54, 1.807) is 41.8 Å². The Morgan fingerprint density at radius 1 is 1.00 bits per heavy atom. The molecule has 0 spiro atoms. The number of benzene rings is 1. The second kappa shape index (κ2) is 7.93. The van der Waals surface area contributed by atoms with Crippen LogP contribution in [-0.2, 0) is 19.6 Å². The summed E-state index contributed by atoms with van der Waals surface area (Å²) in [4.78, 5) is 24.0. The minimum atomic E-state index is -3.77. The summed E-state index contributed by atoms with van der Waals surface area (Å²) in [6.07, 6.45) is 4.16. The van der Waals surface area contributed by atoms with Crippen molar-refractivity contribution in [3.05, 3.63) is 53.9 Å². The van der Waals surface area contributed by atoms with Crippen LogP contribution < -0.4 is 10.0 Å². The van der Waals surface area contributed by atoms with Crippen LogP contribution in [0.2, 0.25) is 0 Å². The number of carbonyl (C=O) groups excluding carboxylic acids is 1. The van der Waals surface area contributed by atoms with E-state index in [-0.39, 0.29) is 15.6 Å². The molecule has 2 unspecified atom stereocenters. The fourth-order valence-corrected chi connectivity index (χ4v) is 4.97. The molecule has 3 rings (SSSR count). The molecule has 1 aliphatic rings. The maximum Gasteiger partial charge on any atom is 0.307 e. The highest BCUT2D eigenvalue weighted by Crippen LogP contribution is 2.30. The number of rotatable bonds is 6. The summed E-state index contributed by atoms with van der Waals surface area (Å²) in [5.74, 6) is -2.99. The Hall–Kier alpha value is -2.65. The molecule has 1 aromatic heterocycles. The van der Waals surface area contributed by atoms with E-state index in [2.05, 4.69) is 10.0 Å². The molecule has 0 saturated carbocycles. The first-order valence-corrected chi connectivity index (χ1v) is 10.6. The van der Waals surface area contributed by atoms with Crippen LogP contribution in [0.15, 0.2) is 58.1 Å². The molecule has 1 aliphatic carbocycles. The molecule has 2 aromatic rings. The van der Waals surface area contributed by atoms with Gasteiger partial charge < -0.3 is 10.4 Å². The predicted octanol–water partition coefficient (Wildman–Crippen LogP) is 3.15. The van der Waals surface area contributed by atoms with Crippen molar-refractivity contribution in [2.45, 2.75) is 17.1 Å². The lowest BCUT2D eigenvalue weighted by Crippen LogP contribution is -2.34. The minimum Gasteiger partial charge on any atom is -0.481 e. The van der Waals surface area contributed by atoms with E-state index in [1.165, 1.54) is 12.1 Å². The molecule has 142 valence electrons. The van der Waals surface area contributed by atoms with Gasteiger partial charge in [0.1, 0.15) is 4.21 Å². The van der Waals surface area contributed by atoms with Gasteiger partial charge in [0.05, 0.1) is 23.2 Å². The van der Waals surface area contributed by atoms with Crippen molar-refractivity contribution >= 4 is 44.6 Å². The van der Waals surface area contributed by atoms with Crippen molar-refractivity contribution in [1.29, 1.82) is 0 Å². The van der Waals surface area contributed by atoms with Crippen molar-refractivity contribution in [1.82, 2.24) is 0 Å². The molecule has 3 N–H and O–H groups in total. The molecular formula is C18H18N2O5S2. The Bertz CT molecular complexity index is 967. The fourth-order valence-electron chi connectivity index (χ4n) is 2.89. The second-order valence-electron chi connectivity index (χ2n) is 6.07. The molecule has 0 bridgehead atoms. The van der Waals surface area contributed by atoms with Gasteiger partial charge in [-0.1, -0.05) is 30.4 Å². The lowest BCUT2D eigenvalue weighted by Gasteiger charge is -2.24. The van der Waals surface area contributed by atoms with Gasteiger partial charge in [0.25, 0.3) is 10.0 Å². The van der Waals surface area contributed by atoms with Crippen LogP contribution in [0.3, 0.4) is 0 Å². The summed E-state index contributed by atoms with van der Waals surface area (Å²) >= 11 is 1.08. The monoisotopic (exact) mass is 406 g/mol. The molecule has 0 aliphatic heterocycles. The third-order valence-electron chi connectivity index (χ3n) is 4.28. The summed E-state index contributed by atoms with van der Waals surface area (Å²) < 4.78 is 27.5. The third-order valence-corrected chi connectivity index (χ3v) is 7.04. The molecule has 9 heteroatoms. The highest BCUT2D eigenvalue weighted by molar-refractivity contribution is 7.94. The van der Waals surface area contributed by atoms with Crippen LogP contribution >= 0.6 is 11.3 Å². The molecule has 1 heterocycles. The number of hydrogen-bond acceptors (Lipinski definition) is 5. The van der Waals surface area contributed by atoms with E-state index >= 15 is 0 Å². The quantitative estimate of drug-likeness (QED) is 0.638. The number of amides is 1. The Morgan fingerprint density at radius 3 is 2.30 bits per heavy atom. The number of thiophene rings is 1. The average molecular weight is 406 g/mol. The zero-order valence-corrected chi connectivity index (χ0v) is 15.8. The van der Waals surface area contributed by atoms with Crippen LogP contribution in [-0.4, -0.2) is 25.4 Å². The van der Waals surface area contributed by atoms with E-state index in [9.17, 15) is 23.1 Å². The highest BCUT2D eigenvalue weighted by Gasteiger charge is 2.34. The predicted molar refractivity (Wildman–Crippen MR) is 103 cm³/mol. The number of carbonyl (C=O) groups is 2. The number of hydrogen-bond donors (Lipinski definition) is 3. The van der Waals surface area contributed by atoms with E-state index < -0.39 is 33.7 Å². The van der Waals surface area contributed by atoms with Gasteiger partial charge in [0, 0.05) is 0 Å². The molecule has 1 amide bonds. The van der Waals surface area contributed by atoms with E-state index in [0.29, 0.717) is 12.8 Å². The Balaban J connectivity index is 1.81. The van der Waals surface area contributed by atoms with Gasteiger partial charge in [-0.25, -0.2) is 8.42 Å². The molecule has 7 nitrogen and oxygen atoms in total. The molecule has 0 radical (unpaired) electrons. The van der Waals surface area contributed by atoms with Gasteiger partial charge in [-0.2, -0.15) is 0 Å². The van der Waals surface area contributed by atoms with E-state index in [1.807, 2.05) is 0 Å². The number of carboxylic acid groups (broad SMARTS) is 1. The van der Waals surface area contributed by atoms with Crippen molar-refractivity contribution in [2.75, 3.05) is 10.0 Å². The van der Waals surface area contributed by atoms with E-state index in [4.69, 9.17) is 0 Å². The summed E-state index contributed by atoms with van der Waals surface area (Å²) in [7, 11) is -3.77. The van der Waals surface area contributed by atoms with Crippen LogP contribution in [0, 0.1) is 11.8 Å². The van der Waals surface area contributed by atoms with Crippen LogP contribution in [0.25, 0.3) is 0 Å². The van der Waals surface area contributed by atoms with Gasteiger partial charge in [0.2, 0.25) is 5.91 Å². The van der Waals surface area contributed by atoms with Crippen LogP contribution in [0.4, 0.5) is 11.4 Å². The maximum atomic E-state index is 12.6. The van der Waals surface area contributed by atoms with Crippen molar-refractivity contribution in [2.24, 2.45) is 11.8 Å². The molecule has 1 aromatic carbocycles. The Kier molecular flexibility index (Phi) is 5.62. The largest absolute Gasteiger partial charge is 0.481 e. The van der Waals surface area contributed by atoms with Crippen LogP contribution in [0.5, 0.6) is 0 Å². The molecular weight excluding hydrogens is 388 g/mol. The fraction of sp³-hybridized carbons (Fsp3) is 0.222. The number of aliphatic carboxylic acids is 1. The number of carboxylic acids is 1. The first-order chi connectivity index (χ1) is 12.9. The smallest absolute Gasteiger partial charge is 0.307 e. The molecule has 2 atom stereocenters. The average Bonchev–Trinajstić information content (AvgIpc) is 3.19. The summed E-state index contributed by atoms with van der Waals surface area (Å²) in [6, 6.07) is 9.53. The highest BCUT2D eigenvalue weighted by atomic mass is 32.2. The first-order valence-electron chi connectivity index (χ1n) is 8.22. The van der Waals surface area contributed by atoms with Crippen molar-refractivity contribution in [3.8, 4) is 0 Å². The standard InChI is InChI=1S/C18H18N2O5S2/c21-17(12-6-1-2-7-13(12)18(22)23)19-14-8-3-4-9-15(14)20-27(24,25)16-10-5-11-26-16/h1-5,8-13,20H,6-7H2,(H,19,21)(H,22,23). The number of sulfonamides is 1. The maximum absolute atomic E-state index is 12.6. The minimum absolute atomic E-state index is 0.159. The van der Waals surface area contributed by atoms with E-state index in [0.717, 1.165) is 11.3 Å². The van der Waals surface area contributed by atoms with Crippen LogP contribution in [0.1, 0.15) is 12.8 Å². The zero-order valence-electron chi connectivity index (χ0n) is 14.2. The summed E-state index contributed by atoms with van der Waals surface area (Å²) in [5.41, 5.74) is 0.499. The summed E-state index contributed by atoms with van der Waals surface area (Å²) in [6.45, 7) is 0. The lowest BCUT2D eigenvalue weighted by atomic mass is 9.82. The molecule has 0 fully saturated rings. The van der Waals surface area contributed by atoms with Gasteiger partial charge >= 0.3 is 5.97 Å². The lowest BCUT2D eigenvalue weighted by molar-refractivity contribution is -0.146.